The Morgan fingerprint density at radius 3 is 2.54 bits per heavy atom. The van der Waals surface area contributed by atoms with Crippen molar-refractivity contribution in [3.63, 3.8) is 0 Å². The van der Waals surface area contributed by atoms with Gasteiger partial charge in [0, 0.05) is 11.9 Å². The average molecular weight is 391 g/mol. The van der Waals surface area contributed by atoms with Crippen LogP contribution in [0, 0.1) is 0 Å². The fourth-order valence-corrected chi connectivity index (χ4v) is 2.81. The van der Waals surface area contributed by atoms with Gasteiger partial charge in [-0.05, 0) is 31.7 Å². The number of nitrogen functional groups attached to an aromatic ring is 1. The second kappa shape index (κ2) is 10.5. The zero-order chi connectivity index (χ0) is 16.0. The van der Waals surface area contributed by atoms with Gasteiger partial charge in [-0.15, -0.1) is 36.2 Å². The van der Waals surface area contributed by atoms with Crippen molar-refractivity contribution in [1.82, 2.24) is 10.3 Å². The first-order valence-corrected chi connectivity index (χ1v) is 8.16. The smallest absolute Gasteiger partial charge is 0.240 e. The molecule has 2 rings (SSSR count). The molecule has 0 aliphatic carbocycles. The molecule has 0 radical (unpaired) electrons. The summed E-state index contributed by atoms with van der Waals surface area (Å²) in [6.07, 6.45) is 2.13. The normalized spacial score (nSPS) is 12.4. The number of aryl methyl sites for hydroxylation is 1. The van der Waals surface area contributed by atoms with Crippen LogP contribution in [-0.2, 0) is 17.6 Å². The van der Waals surface area contributed by atoms with Crippen LogP contribution in [0.25, 0.3) is 0 Å². The van der Waals surface area contributed by atoms with Crippen LogP contribution in [0.2, 0.25) is 0 Å². The molecule has 5 N–H and O–H groups in total. The molecule has 0 saturated heterocycles. The van der Waals surface area contributed by atoms with E-state index in [0.29, 0.717) is 18.1 Å². The standard InChI is InChI=1S/C16H22N4OS.2ClH/c1-16(18,10-12-6-3-2-4-7-12)14(21)19-9-5-8-13-11-22-15(17)20-13;;/h2-4,6-7,11H,5,8-10,18H2,1H3,(H2,17,20)(H,19,21);2*1H. The number of nitrogens with two attached hydrogens (primary N) is 2. The van der Waals surface area contributed by atoms with Gasteiger partial charge >= 0.3 is 0 Å². The Hall–Kier alpha value is -1.34. The van der Waals surface area contributed by atoms with Crippen molar-refractivity contribution in [3.05, 3.63) is 47.0 Å². The Morgan fingerprint density at radius 1 is 1.29 bits per heavy atom. The van der Waals surface area contributed by atoms with Crippen molar-refractivity contribution < 1.29 is 4.79 Å². The van der Waals surface area contributed by atoms with Crippen LogP contribution in [0.1, 0.15) is 24.6 Å². The Bertz CT molecular complexity index is 620. The van der Waals surface area contributed by atoms with Crippen LogP contribution >= 0.6 is 36.2 Å². The topological polar surface area (TPSA) is 94.0 Å². The average Bonchev–Trinajstić information content (AvgIpc) is 2.89. The number of thiazole rings is 1. The lowest BCUT2D eigenvalue weighted by Gasteiger charge is -2.23. The summed E-state index contributed by atoms with van der Waals surface area (Å²) >= 11 is 1.43. The molecule has 0 bridgehead atoms. The summed E-state index contributed by atoms with van der Waals surface area (Å²) in [5, 5.41) is 5.42. The van der Waals surface area contributed by atoms with E-state index in [1.165, 1.54) is 11.3 Å². The maximum Gasteiger partial charge on any atom is 0.240 e. The minimum Gasteiger partial charge on any atom is -0.375 e. The molecule has 5 nitrogen and oxygen atoms in total. The van der Waals surface area contributed by atoms with Crippen molar-refractivity contribution in [2.45, 2.75) is 31.7 Å². The first-order chi connectivity index (χ1) is 10.5. The zero-order valence-electron chi connectivity index (χ0n) is 13.5. The number of carbonyl (C=O) groups is 1. The van der Waals surface area contributed by atoms with E-state index < -0.39 is 5.54 Å². The molecule has 1 unspecified atom stereocenters. The SMILES string of the molecule is CC(N)(Cc1ccccc1)C(=O)NCCCc1csc(N)n1.Cl.Cl. The molecular weight excluding hydrogens is 367 g/mol. The van der Waals surface area contributed by atoms with Crippen LogP contribution < -0.4 is 16.8 Å². The fourth-order valence-electron chi connectivity index (χ4n) is 2.21. The molecule has 134 valence electrons. The van der Waals surface area contributed by atoms with Crippen molar-refractivity contribution >= 4 is 47.2 Å². The van der Waals surface area contributed by atoms with Gasteiger partial charge in [0.2, 0.25) is 5.91 Å². The second-order valence-corrected chi connectivity index (χ2v) is 6.51. The van der Waals surface area contributed by atoms with Gasteiger partial charge in [-0.25, -0.2) is 4.98 Å². The highest BCUT2D eigenvalue weighted by molar-refractivity contribution is 7.13. The lowest BCUT2D eigenvalue weighted by molar-refractivity contribution is -0.125. The number of halogens is 2. The van der Waals surface area contributed by atoms with E-state index in [9.17, 15) is 4.79 Å². The number of carbonyl (C=O) groups excluding carboxylic acids is 1. The van der Waals surface area contributed by atoms with Gasteiger partial charge in [-0.1, -0.05) is 30.3 Å². The molecule has 24 heavy (non-hydrogen) atoms. The molecule has 0 fully saturated rings. The third-order valence-electron chi connectivity index (χ3n) is 3.40. The molecular formula is C16H24Cl2N4OS. The number of anilines is 1. The van der Waals surface area contributed by atoms with E-state index in [0.717, 1.165) is 24.1 Å². The largest absolute Gasteiger partial charge is 0.375 e. The molecule has 0 saturated carbocycles. The highest BCUT2D eigenvalue weighted by atomic mass is 35.5. The number of aromatic nitrogens is 1. The summed E-state index contributed by atoms with van der Waals surface area (Å²) in [7, 11) is 0. The predicted molar refractivity (Wildman–Crippen MR) is 105 cm³/mol. The molecule has 1 heterocycles. The molecule has 1 amide bonds. The van der Waals surface area contributed by atoms with Crippen LogP contribution in [0.3, 0.4) is 0 Å². The van der Waals surface area contributed by atoms with E-state index >= 15 is 0 Å². The summed E-state index contributed by atoms with van der Waals surface area (Å²) in [5.41, 5.74) is 12.8. The summed E-state index contributed by atoms with van der Waals surface area (Å²) in [6.45, 7) is 2.34. The summed E-state index contributed by atoms with van der Waals surface area (Å²) in [4.78, 5) is 16.4. The van der Waals surface area contributed by atoms with Crippen molar-refractivity contribution in [2.24, 2.45) is 5.73 Å². The minimum atomic E-state index is -0.910. The number of nitrogens with zero attached hydrogens (tertiary/aromatic N) is 1. The molecule has 2 aromatic rings. The molecule has 1 atom stereocenters. The summed E-state index contributed by atoms with van der Waals surface area (Å²) < 4.78 is 0. The first-order valence-electron chi connectivity index (χ1n) is 7.28. The third-order valence-corrected chi connectivity index (χ3v) is 4.12. The molecule has 0 aliphatic rings. The van der Waals surface area contributed by atoms with Crippen molar-refractivity contribution in [3.8, 4) is 0 Å². The Morgan fingerprint density at radius 2 is 1.96 bits per heavy atom. The fraction of sp³-hybridized carbons (Fsp3) is 0.375. The number of hydrogen-bond donors (Lipinski definition) is 3. The van der Waals surface area contributed by atoms with Gasteiger partial charge in [0.1, 0.15) is 0 Å². The highest BCUT2D eigenvalue weighted by Gasteiger charge is 2.28. The summed E-state index contributed by atoms with van der Waals surface area (Å²) in [6, 6.07) is 9.80. The summed E-state index contributed by atoms with van der Waals surface area (Å²) in [5.74, 6) is -0.130. The van der Waals surface area contributed by atoms with Crippen molar-refractivity contribution in [2.75, 3.05) is 12.3 Å². The number of nitrogens with one attached hydrogen (secondary N) is 1. The van der Waals surface area contributed by atoms with Crippen LogP contribution in [0.4, 0.5) is 5.13 Å². The van der Waals surface area contributed by atoms with Crippen LogP contribution in [0.5, 0.6) is 0 Å². The van der Waals surface area contributed by atoms with E-state index in [-0.39, 0.29) is 30.7 Å². The monoisotopic (exact) mass is 390 g/mol. The van der Waals surface area contributed by atoms with Gasteiger partial charge in [0.15, 0.2) is 5.13 Å². The van der Waals surface area contributed by atoms with E-state index in [4.69, 9.17) is 11.5 Å². The predicted octanol–water partition coefficient (Wildman–Crippen LogP) is 2.58. The lowest BCUT2D eigenvalue weighted by atomic mass is 9.93. The van der Waals surface area contributed by atoms with E-state index in [1.807, 2.05) is 35.7 Å². The Labute approximate surface area is 159 Å². The van der Waals surface area contributed by atoms with Gasteiger partial charge < -0.3 is 16.8 Å². The maximum atomic E-state index is 12.2. The van der Waals surface area contributed by atoms with E-state index in [1.54, 1.807) is 6.92 Å². The van der Waals surface area contributed by atoms with Gasteiger partial charge in [0.25, 0.3) is 0 Å². The minimum absolute atomic E-state index is 0. The second-order valence-electron chi connectivity index (χ2n) is 5.62. The van der Waals surface area contributed by atoms with Crippen LogP contribution in [0.15, 0.2) is 35.7 Å². The van der Waals surface area contributed by atoms with E-state index in [2.05, 4.69) is 10.3 Å². The first kappa shape index (κ1) is 22.7. The molecule has 0 aliphatic heterocycles. The van der Waals surface area contributed by atoms with Gasteiger partial charge in [0.05, 0.1) is 11.2 Å². The molecule has 8 heteroatoms. The van der Waals surface area contributed by atoms with Crippen molar-refractivity contribution in [1.29, 1.82) is 0 Å². The highest BCUT2D eigenvalue weighted by Crippen LogP contribution is 2.13. The lowest BCUT2D eigenvalue weighted by Crippen LogP contribution is -2.53. The third kappa shape index (κ3) is 7.05. The van der Waals surface area contributed by atoms with Gasteiger partial charge in [-0.3, -0.25) is 4.79 Å². The Balaban J connectivity index is 0.00000264. The Kier molecular flexibility index (Phi) is 9.92. The number of rotatable bonds is 7. The molecule has 0 spiro atoms. The van der Waals surface area contributed by atoms with Gasteiger partial charge in [-0.2, -0.15) is 0 Å². The molecule has 1 aromatic carbocycles. The maximum absolute atomic E-state index is 12.2. The van der Waals surface area contributed by atoms with Crippen LogP contribution in [-0.4, -0.2) is 23.0 Å². The quantitative estimate of drug-likeness (QED) is 0.633. The number of benzene rings is 1. The zero-order valence-corrected chi connectivity index (χ0v) is 16.0. The molecule has 1 aromatic heterocycles. The number of amides is 1. The number of hydrogen-bond acceptors (Lipinski definition) is 5.